The van der Waals surface area contributed by atoms with Crippen LogP contribution < -0.4 is 5.32 Å². The van der Waals surface area contributed by atoms with E-state index in [2.05, 4.69) is 11.9 Å². The summed E-state index contributed by atoms with van der Waals surface area (Å²) in [6, 6.07) is 14.7. The lowest BCUT2D eigenvalue weighted by molar-refractivity contribution is 0.0564. The summed E-state index contributed by atoms with van der Waals surface area (Å²) in [5.74, 6) is -0.196. The van der Waals surface area contributed by atoms with E-state index in [0.717, 1.165) is 23.8 Å². The fourth-order valence-corrected chi connectivity index (χ4v) is 4.61. The zero-order chi connectivity index (χ0) is 26.6. The summed E-state index contributed by atoms with van der Waals surface area (Å²) in [6.07, 6.45) is 4.01. The highest BCUT2D eigenvalue weighted by Crippen LogP contribution is 2.29. The first kappa shape index (κ1) is 25.7. The molecule has 8 nitrogen and oxygen atoms in total. The van der Waals surface area contributed by atoms with Gasteiger partial charge in [0.2, 0.25) is 0 Å². The third kappa shape index (κ3) is 5.81. The minimum atomic E-state index is -0.368. The zero-order valence-corrected chi connectivity index (χ0v) is 21.7. The molecular weight excluding hydrogens is 504 g/mol. The molecule has 1 aliphatic heterocycles. The molecule has 1 N–H and O–H groups in total. The number of nitrogens with one attached hydrogen (secondary N) is 1. The zero-order valence-electron chi connectivity index (χ0n) is 21.0. The predicted octanol–water partition coefficient (Wildman–Crippen LogP) is 4.92. The maximum Gasteiger partial charge on any atom is 0.409 e. The minimum absolute atomic E-state index is 0.0721. The van der Waals surface area contributed by atoms with E-state index < -0.39 is 0 Å². The highest BCUT2D eigenvalue weighted by molar-refractivity contribution is 6.35. The van der Waals surface area contributed by atoms with E-state index in [4.69, 9.17) is 21.3 Å². The summed E-state index contributed by atoms with van der Waals surface area (Å²) in [6.45, 7) is 5.58. The summed E-state index contributed by atoms with van der Waals surface area (Å²) in [5, 5.41) is 4.26. The number of piperazine rings is 1. The molecule has 196 valence electrons. The SMILES string of the molecule is C=CCCOC(=O)N1CCN(C(=O)c2ccc3c(Cl)cc(-c4ccc(C(=O)NC5CC5)cc4)nc3c2)CC1. The van der Waals surface area contributed by atoms with Gasteiger partial charge in [0.25, 0.3) is 11.8 Å². The normalized spacial score (nSPS) is 15.3. The summed E-state index contributed by atoms with van der Waals surface area (Å²) in [5.41, 5.74) is 3.20. The fraction of sp³-hybridized carbons (Fsp3) is 0.310. The van der Waals surface area contributed by atoms with Crippen molar-refractivity contribution in [3.63, 3.8) is 0 Å². The van der Waals surface area contributed by atoms with Gasteiger partial charge in [-0.15, -0.1) is 6.58 Å². The van der Waals surface area contributed by atoms with Crippen molar-refractivity contribution in [2.24, 2.45) is 0 Å². The number of aromatic nitrogens is 1. The Morgan fingerprint density at radius 3 is 2.37 bits per heavy atom. The van der Waals surface area contributed by atoms with E-state index in [-0.39, 0.29) is 17.9 Å². The number of carbonyl (C=O) groups excluding carboxylic acids is 3. The highest BCUT2D eigenvalue weighted by atomic mass is 35.5. The molecule has 3 amide bonds. The van der Waals surface area contributed by atoms with E-state index in [9.17, 15) is 14.4 Å². The van der Waals surface area contributed by atoms with Crippen LogP contribution in [0.15, 0.2) is 61.2 Å². The van der Waals surface area contributed by atoms with Crippen LogP contribution in [-0.4, -0.2) is 71.5 Å². The van der Waals surface area contributed by atoms with Crippen LogP contribution in [0.5, 0.6) is 0 Å². The number of rotatable bonds is 7. The molecule has 1 aromatic heterocycles. The summed E-state index contributed by atoms with van der Waals surface area (Å²) in [7, 11) is 0. The van der Waals surface area contributed by atoms with Gasteiger partial charge >= 0.3 is 6.09 Å². The largest absolute Gasteiger partial charge is 0.449 e. The van der Waals surface area contributed by atoms with Crippen LogP contribution in [0.4, 0.5) is 4.79 Å². The van der Waals surface area contributed by atoms with Gasteiger partial charge in [0.15, 0.2) is 0 Å². The Labute approximate surface area is 226 Å². The van der Waals surface area contributed by atoms with E-state index in [1.165, 1.54) is 0 Å². The molecule has 5 rings (SSSR count). The van der Waals surface area contributed by atoms with Crippen LogP contribution in [0, 0.1) is 0 Å². The van der Waals surface area contributed by atoms with Crippen molar-refractivity contribution in [3.05, 3.63) is 77.3 Å². The van der Waals surface area contributed by atoms with Crippen molar-refractivity contribution in [3.8, 4) is 11.3 Å². The van der Waals surface area contributed by atoms with Gasteiger partial charge in [0.05, 0.1) is 22.8 Å². The monoisotopic (exact) mass is 532 g/mol. The van der Waals surface area contributed by atoms with Gasteiger partial charge in [0.1, 0.15) is 0 Å². The smallest absolute Gasteiger partial charge is 0.409 e. The molecule has 38 heavy (non-hydrogen) atoms. The van der Waals surface area contributed by atoms with Gasteiger partial charge < -0.3 is 19.9 Å². The highest BCUT2D eigenvalue weighted by Gasteiger charge is 2.26. The molecule has 0 atom stereocenters. The third-order valence-electron chi connectivity index (χ3n) is 6.73. The fourth-order valence-electron chi connectivity index (χ4n) is 4.35. The van der Waals surface area contributed by atoms with Crippen molar-refractivity contribution in [2.75, 3.05) is 32.8 Å². The van der Waals surface area contributed by atoms with Crippen LogP contribution in [0.1, 0.15) is 40.0 Å². The lowest BCUT2D eigenvalue weighted by Crippen LogP contribution is -2.50. The van der Waals surface area contributed by atoms with Gasteiger partial charge in [0, 0.05) is 54.3 Å². The van der Waals surface area contributed by atoms with Crippen molar-refractivity contribution < 1.29 is 19.1 Å². The van der Waals surface area contributed by atoms with Crippen LogP contribution in [-0.2, 0) is 4.74 Å². The summed E-state index contributed by atoms with van der Waals surface area (Å²) < 4.78 is 5.22. The van der Waals surface area contributed by atoms with Gasteiger partial charge in [-0.1, -0.05) is 35.9 Å². The Morgan fingerprint density at radius 1 is 1.00 bits per heavy atom. The van der Waals surface area contributed by atoms with Crippen LogP contribution >= 0.6 is 11.6 Å². The second kappa shape index (κ2) is 11.2. The lowest BCUT2D eigenvalue weighted by atomic mass is 10.1. The van der Waals surface area contributed by atoms with Gasteiger partial charge in [-0.3, -0.25) is 9.59 Å². The van der Waals surface area contributed by atoms with E-state index in [1.54, 1.807) is 52.3 Å². The van der Waals surface area contributed by atoms with Gasteiger partial charge in [-0.05, 0) is 49.6 Å². The molecule has 2 aliphatic rings. The average Bonchev–Trinajstić information content (AvgIpc) is 3.76. The maximum atomic E-state index is 13.2. The first-order valence-corrected chi connectivity index (χ1v) is 13.1. The summed E-state index contributed by atoms with van der Waals surface area (Å²) >= 11 is 6.58. The number of benzene rings is 2. The molecule has 3 aromatic rings. The number of hydrogen-bond acceptors (Lipinski definition) is 5. The lowest BCUT2D eigenvalue weighted by Gasteiger charge is -2.34. The van der Waals surface area contributed by atoms with Crippen LogP contribution in [0.3, 0.4) is 0 Å². The van der Waals surface area contributed by atoms with Crippen LogP contribution in [0.2, 0.25) is 5.02 Å². The molecule has 0 bridgehead atoms. The Bertz CT molecular complexity index is 1380. The van der Waals surface area contributed by atoms with E-state index in [0.29, 0.717) is 72.6 Å². The maximum absolute atomic E-state index is 13.2. The number of halogens is 1. The molecule has 0 unspecified atom stereocenters. The van der Waals surface area contributed by atoms with E-state index >= 15 is 0 Å². The third-order valence-corrected chi connectivity index (χ3v) is 7.05. The number of carbonyl (C=O) groups is 3. The first-order chi connectivity index (χ1) is 18.4. The minimum Gasteiger partial charge on any atom is -0.449 e. The number of ether oxygens (including phenoxy) is 1. The Hall–Kier alpha value is -3.91. The van der Waals surface area contributed by atoms with Crippen molar-refractivity contribution >= 4 is 40.4 Å². The molecule has 0 spiro atoms. The van der Waals surface area contributed by atoms with Crippen molar-refractivity contribution in [1.82, 2.24) is 20.1 Å². The second-order valence-corrected chi connectivity index (χ2v) is 9.92. The quantitative estimate of drug-likeness (QED) is 0.344. The molecule has 1 aliphatic carbocycles. The number of fused-ring (bicyclic) bond motifs is 1. The Balaban J connectivity index is 1.28. The predicted molar refractivity (Wildman–Crippen MR) is 146 cm³/mol. The molecule has 9 heteroatoms. The first-order valence-electron chi connectivity index (χ1n) is 12.8. The molecule has 2 aromatic carbocycles. The Morgan fingerprint density at radius 2 is 1.68 bits per heavy atom. The summed E-state index contributed by atoms with van der Waals surface area (Å²) in [4.78, 5) is 45.8. The van der Waals surface area contributed by atoms with E-state index in [1.807, 2.05) is 12.1 Å². The molecule has 0 radical (unpaired) electrons. The molecule has 1 saturated heterocycles. The second-order valence-electron chi connectivity index (χ2n) is 9.52. The number of hydrogen-bond donors (Lipinski definition) is 1. The molecule has 2 heterocycles. The average molecular weight is 533 g/mol. The Kier molecular flexibility index (Phi) is 7.60. The molecule has 2 fully saturated rings. The number of nitrogens with zero attached hydrogens (tertiary/aromatic N) is 3. The van der Waals surface area contributed by atoms with Crippen molar-refractivity contribution in [2.45, 2.75) is 25.3 Å². The van der Waals surface area contributed by atoms with Crippen molar-refractivity contribution in [1.29, 1.82) is 0 Å². The molecule has 1 saturated carbocycles. The van der Waals surface area contributed by atoms with Gasteiger partial charge in [-0.2, -0.15) is 0 Å². The van der Waals surface area contributed by atoms with Gasteiger partial charge in [-0.25, -0.2) is 9.78 Å². The topological polar surface area (TPSA) is 91.8 Å². The molecular formula is C29H29ClN4O4. The van der Waals surface area contributed by atoms with Crippen LogP contribution in [0.25, 0.3) is 22.2 Å². The standard InChI is InChI=1S/C29H29ClN4O4/c1-2-3-16-38-29(37)34-14-12-33(13-15-34)28(36)21-8-11-23-24(30)18-25(32-26(23)17-21)19-4-6-20(7-5-19)27(35)31-22-9-10-22/h2,4-8,11,17-18,22H,1,3,9-10,12-16H2,(H,31,35). The number of amides is 3. The number of pyridine rings is 1.